The van der Waals surface area contributed by atoms with Crippen LogP contribution in [0.2, 0.25) is 5.02 Å². The number of methoxy groups -OCH3 is 2. The summed E-state index contributed by atoms with van der Waals surface area (Å²) in [6.45, 7) is 0. The lowest BCUT2D eigenvalue weighted by Crippen LogP contribution is -2.15. The Hall–Kier alpha value is -4.88. The van der Waals surface area contributed by atoms with Crippen LogP contribution in [0.25, 0.3) is 38.7 Å². The van der Waals surface area contributed by atoms with E-state index in [2.05, 4.69) is 0 Å². The number of hydrogen-bond donors (Lipinski definition) is 0. The standard InChI is InChI=1S/C31H20ClNO6/c1-37-30(35)24-22-14-13-20-21(32)15-19-16-23(17-9-5-3-6-10-17)39-29(19)26(20)33(22)27(25(24)31(36)38-2)28(34)18-11-7-4-8-12-18/h3-16H,1-2H3. The van der Waals surface area contributed by atoms with Crippen LogP contribution in [0.4, 0.5) is 0 Å². The Kier molecular flexibility index (Phi) is 5.93. The van der Waals surface area contributed by atoms with Gasteiger partial charge in [0.15, 0.2) is 5.58 Å². The average molecular weight is 538 g/mol. The Bertz CT molecular complexity index is 1940. The fourth-order valence-corrected chi connectivity index (χ4v) is 5.24. The first kappa shape index (κ1) is 24.5. The smallest absolute Gasteiger partial charge is 0.341 e. The minimum Gasteiger partial charge on any atom is -0.465 e. The fourth-order valence-electron chi connectivity index (χ4n) is 4.97. The molecule has 8 heteroatoms. The fraction of sp³-hybridized carbons (Fsp3) is 0.0645. The van der Waals surface area contributed by atoms with E-state index in [0.717, 1.165) is 5.56 Å². The van der Waals surface area contributed by atoms with Gasteiger partial charge in [-0.25, -0.2) is 9.59 Å². The van der Waals surface area contributed by atoms with Crippen LogP contribution in [0.5, 0.6) is 0 Å². The number of carbonyl (C=O) groups excluding carboxylic acids is 3. The molecular formula is C31H20ClNO6. The van der Waals surface area contributed by atoms with Crippen LogP contribution in [-0.4, -0.2) is 36.3 Å². The van der Waals surface area contributed by atoms with Gasteiger partial charge in [-0.3, -0.25) is 4.79 Å². The highest BCUT2D eigenvalue weighted by Crippen LogP contribution is 2.40. The van der Waals surface area contributed by atoms with E-state index in [1.165, 1.54) is 14.2 Å². The van der Waals surface area contributed by atoms with E-state index in [1.807, 2.05) is 36.4 Å². The zero-order valence-electron chi connectivity index (χ0n) is 20.9. The van der Waals surface area contributed by atoms with Gasteiger partial charge in [0, 0.05) is 21.9 Å². The van der Waals surface area contributed by atoms with E-state index in [9.17, 15) is 14.4 Å². The molecule has 0 saturated heterocycles. The van der Waals surface area contributed by atoms with Crippen molar-refractivity contribution in [2.45, 2.75) is 0 Å². The third-order valence-corrected chi connectivity index (χ3v) is 7.01. The predicted octanol–water partition coefficient (Wildman–Crippen LogP) is 6.96. The molecule has 0 aliphatic carbocycles. The molecule has 0 N–H and O–H groups in total. The highest BCUT2D eigenvalue weighted by molar-refractivity contribution is 6.37. The van der Waals surface area contributed by atoms with Gasteiger partial charge >= 0.3 is 11.9 Å². The summed E-state index contributed by atoms with van der Waals surface area (Å²) in [6, 6.07) is 25.0. The number of furan rings is 1. The van der Waals surface area contributed by atoms with Gasteiger partial charge in [0.05, 0.1) is 30.3 Å². The number of aromatic nitrogens is 1. The summed E-state index contributed by atoms with van der Waals surface area (Å²) in [4.78, 5) is 40.4. The van der Waals surface area contributed by atoms with Crippen molar-refractivity contribution >= 4 is 56.7 Å². The predicted molar refractivity (Wildman–Crippen MR) is 148 cm³/mol. The monoisotopic (exact) mass is 537 g/mol. The average Bonchev–Trinajstić information content (AvgIpc) is 3.56. The molecule has 0 spiro atoms. The van der Waals surface area contributed by atoms with E-state index in [-0.39, 0.29) is 22.3 Å². The van der Waals surface area contributed by atoms with Crippen LogP contribution in [0, 0.1) is 0 Å². The third kappa shape index (κ3) is 3.78. The molecule has 0 amide bonds. The van der Waals surface area contributed by atoms with Gasteiger partial charge in [-0.15, -0.1) is 0 Å². The molecular weight excluding hydrogens is 518 g/mol. The number of esters is 2. The van der Waals surface area contributed by atoms with Gasteiger partial charge in [0.1, 0.15) is 22.6 Å². The van der Waals surface area contributed by atoms with E-state index >= 15 is 0 Å². The quantitative estimate of drug-likeness (QED) is 0.174. The number of nitrogens with zero attached hydrogens (tertiary/aromatic N) is 1. The summed E-state index contributed by atoms with van der Waals surface area (Å²) in [5, 5.41) is 1.66. The zero-order valence-corrected chi connectivity index (χ0v) is 21.6. The molecule has 0 bridgehead atoms. The van der Waals surface area contributed by atoms with Gasteiger partial charge < -0.3 is 18.3 Å². The maximum Gasteiger partial charge on any atom is 0.341 e. The van der Waals surface area contributed by atoms with Gasteiger partial charge in [-0.2, -0.15) is 0 Å². The lowest BCUT2D eigenvalue weighted by Gasteiger charge is -2.10. The molecule has 0 atom stereocenters. The number of pyridine rings is 1. The van der Waals surface area contributed by atoms with Gasteiger partial charge in [0.2, 0.25) is 5.78 Å². The van der Waals surface area contributed by atoms with Gasteiger partial charge in [-0.05, 0) is 24.3 Å². The molecule has 7 nitrogen and oxygen atoms in total. The Morgan fingerprint density at radius 3 is 2.10 bits per heavy atom. The minimum atomic E-state index is -0.853. The Morgan fingerprint density at radius 2 is 1.44 bits per heavy atom. The van der Waals surface area contributed by atoms with E-state index < -0.39 is 17.7 Å². The lowest BCUT2D eigenvalue weighted by molar-refractivity contribution is 0.0556. The van der Waals surface area contributed by atoms with Crippen molar-refractivity contribution in [1.82, 2.24) is 4.40 Å². The molecule has 6 aromatic rings. The van der Waals surface area contributed by atoms with Crippen LogP contribution in [0.3, 0.4) is 0 Å². The number of hydrogen-bond acceptors (Lipinski definition) is 6. The molecule has 0 unspecified atom stereocenters. The number of halogens is 1. The highest BCUT2D eigenvalue weighted by atomic mass is 35.5. The van der Waals surface area contributed by atoms with E-state index in [1.54, 1.807) is 52.9 Å². The SMILES string of the molecule is COC(=O)c1c(C(=O)OC)c2ccc3c(Cl)cc4cc(-c5ccccc5)oc4c3n2c1C(=O)c1ccccc1. The molecule has 0 aliphatic heterocycles. The van der Waals surface area contributed by atoms with Crippen molar-refractivity contribution < 1.29 is 28.3 Å². The maximum absolute atomic E-state index is 14.1. The second-order valence-electron chi connectivity index (χ2n) is 8.85. The molecule has 3 aromatic heterocycles. The van der Waals surface area contributed by atoms with Crippen molar-refractivity contribution in [3.8, 4) is 11.3 Å². The third-order valence-electron chi connectivity index (χ3n) is 6.70. The highest BCUT2D eigenvalue weighted by Gasteiger charge is 2.34. The van der Waals surface area contributed by atoms with Crippen molar-refractivity contribution in [1.29, 1.82) is 0 Å². The number of rotatable bonds is 5. The summed E-state index contributed by atoms with van der Waals surface area (Å²) >= 11 is 6.74. The minimum absolute atomic E-state index is 0.0599. The van der Waals surface area contributed by atoms with Crippen LogP contribution in [0.1, 0.15) is 36.8 Å². The topological polar surface area (TPSA) is 87.2 Å². The van der Waals surface area contributed by atoms with Crippen molar-refractivity contribution in [2.24, 2.45) is 0 Å². The van der Waals surface area contributed by atoms with Crippen LogP contribution in [-0.2, 0) is 9.47 Å². The summed E-state index contributed by atoms with van der Waals surface area (Å²) < 4.78 is 18.0. The lowest BCUT2D eigenvalue weighted by atomic mass is 10.0. The maximum atomic E-state index is 14.1. The zero-order chi connectivity index (χ0) is 27.3. The van der Waals surface area contributed by atoms with Crippen molar-refractivity contribution in [2.75, 3.05) is 14.2 Å². The first-order valence-corrected chi connectivity index (χ1v) is 12.4. The van der Waals surface area contributed by atoms with E-state index in [4.69, 9.17) is 25.5 Å². The number of ether oxygens (including phenoxy) is 2. The summed E-state index contributed by atoms with van der Waals surface area (Å²) in [6.07, 6.45) is 0. The second-order valence-corrected chi connectivity index (χ2v) is 9.25. The number of carbonyl (C=O) groups is 3. The summed E-state index contributed by atoms with van der Waals surface area (Å²) in [5.41, 5.74) is 1.95. The Labute approximate surface area is 227 Å². The summed E-state index contributed by atoms with van der Waals surface area (Å²) in [7, 11) is 2.40. The Balaban J connectivity index is 1.83. The van der Waals surface area contributed by atoms with Crippen LogP contribution < -0.4 is 0 Å². The first-order valence-electron chi connectivity index (χ1n) is 12.0. The molecule has 0 radical (unpaired) electrons. The normalized spacial score (nSPS) is 11.3. The second kappa shape index (κ2) is 9.45. The molecule has 39 heavy (non-hydrogen) atoms. The molecule has 0 aliphatic rings. The molecule has 0 saturated carbocycles. The number of fused-ring (bicyclic) bond motifs is 5. The molecule has 3 heterocycles. The number of benzene rings is 3. The molecule has 0 fully saturated rings. The number of ketones is 1. The molecule has 192 valence electrons. The summed E-state index contributed by atoms with van der Waals surface area (Å²) in [5.74, 6) is -1.54. The molecule has 6 rings (SSSR count). The van der Waals surface area contributed by atoms with Gasteiger partial charge in [-0.1, -0.05) is 72.3 Å². The van der Waals surface area contributed by atoms with Crippen molar-refractivity contribution in [3.05, 3.63) is 112 Å². The largest absolute Gasteiger partial charge is 0.465 e. The first-order chi connectivity index (χ1) is 18.9. The molecule has 3 aromatic carbocycles. The van der Waals surface area contributed by atoms with E-state index in [0.29, 0.717) is 38.2 Å². The Morgan fingerprint density at radius 1 is 0.795 bits per heavy atom. The van der Waals surface area contributed by atoms with Gasteiger partial charge in [0.25, 0.3) is 0 Å². The van der Waals surface area contributed by atoms with Crippen LogP contribution >= 0.6 is 11.6 Å². The van der Waals surface area contributed by atoms with Crippen molar-refractivity contribution in [3.63, 3.8) is 0 Å². The van der Waals surface area contributed by atoms with Crippen LogP contribution in [0.15, 0.2) is 89.3 Å².